The Kier molecular flexibility index (Phi) is 6.38. The highest BCUT2D eigenvalue weighted by molar-refractivity contribution is 5.83. The number of rotatable bonds is 7. The first-order valence-electron chi connectivity index (χ1n) is 12.1. The molecule has 0 N–H and O–H groups in total. The van der Waals surface area contributed by atoms with Crippen LogP contribution in [0.2, 0.25) is 0 Å². The molecule has 5 nitrogen and oxygen atoms in total. The third kappa shape index (κ3) is 5.14. The van der Waals surface area contributed by atoms with E-state index in [-0.39, 0.29) is 53.3 Å². The number of halogens is 2. The van der Waals surface area contributed by atoms with Crippen molar-refractivity contribution in [2.24, 2.45) is 11.8 Å². The third-order valence-electron chi connectivity index (χ3n) is 7.27. The Hall–Kier alpha value is -2.80. The van der Waals surface area contributed by atoms with Gasteiger partial charge in [0.15, 0.2) is 0 Å². The van der Waals surface area contributed by atoms with E-state index in [1.165, 1.54) is 24.3 Å². The maximum absolute atomic E-state index is 13.5. The van der Waals surface area contributed by atoms with Gasteiger partial charge in [0.2, 0.25) is 5.91 Å². The quantitative estimate of drug-likeness (QED) is 0.578. The van der Waals surface area contributed by atoms with Gasteiger partial charge in [-0.25, -0.2) is 8.78 Å². The van der Waals surface area contributed by atoms with Crippen molar-refractivity contribution in [2.45, 2.75) is 37.7 Å². The molecule has 0 bridgehead atoms. The maximum Gasteiger partial charge on any atom is 0.309 e. The molecule has 5 rings (SSSR count). The maximum atomic E-state index is 13.5. The topological polar surface area (TPSA) is 49.9 Å². The average Bonchev–Trinajstić information content (AvgIpc) is 3.73. The van der Waals surface area contributed by atoms with Gasteiger partial charge in [0.1, 0.15) is 17.7 Å². The van der Waals surface area contributed by atoms with Crippen LogP contribution in [0.15, 0.2) is 48.5 Å². The van der Waals surface area contributed by atoms with E-state index in [4.69, 9.17) is 4.74 Å². The van der Waals surface area contributed by atoms with Crippen molar-refractivity contribution < 1.29 is 23.1 Å². The van der Waals surface area contributed by atoms with Gasteiger partial charge in [-0.05, 0) is 67.0 Å². The average molecular weight is 469 g/mol. The van der Waals surface area contributed by atoms with Gasteiger partial charge >= 0.3 is 5.97 Å². The molecule has 0 aromatic heterocycles. The first-order chi connectivity index (χ1) is 16.4. The molecule has 34 heavy (non-hydrogen) atoms. The number of amides is 1. The molecule has 180 valence electrons. The number of ether oxygens (including phenoxy) is 1. The highest BCUT2D eigenvalue weighted by atomic mass is 19.1. The Balaban J connectivity index is 1.04. The summed E-state index contributed by atoms with van der Waals surface area (Å²) in [5.41, 5.74) is 1.76. The molecule has 1 saturated heterocycles. The second-order valence-electron chi connectivity index (χ2n) is 9.88. The SMILES string of the molecule is C[C@H](CN1CCN(C(=O)[C@@H]2C[C@@H]2c2cccc(F)c2)CC1)OC(=O)[C@H]1C[C@H]1c1cccc(F)c1. The highest BCUT2D eigenvalue weighted by Gasteiger charge is 2.47. The van der Waals surface area contributed by atoms with Crippen molar-refractivity contribution >= 4 is 11.9 Å². The van der Waals surface area contributed by atoms with Gasteiger partial charge in [-0.1, -0.05) is 24.3 Å². The van der Waals surface area contributed by atoms with Crippen LogP contribution in [0.1, 0.15) is 42.7 Å². The fourth-order valence-corrected chi connectivity index (χ4v) is 5.21. The van der Waals surface area contributed by atoms with Crippen LogP contribution in [0.25, 0.3) is 0 Å². The van der Waals surface area contributed by atoms with Crippen LogP contribution in [-0.4, -0.2) is 60.5 Å². The summed E-state index contributed by atoms with van der Waals surface area (Å²) in [5.74, 6) is -0.666. The number of esters is 1. The molecular weight excluding hydrogens is 438 g/mol. The van der Waals surface area contributed by atoms with Gasteiger partial charge in [-0.15, -0.1) is 0 Å². The zero-order chi connectivity index (χ0) is 23.8. The van der Waals surface area contributed by atoms with Gasteiger partial charge in [0.05, 0.1) is 5.92 Å². The monoisotopic (exact) mass is 468 g/mol. The first-order valence-corrected chi connectivity index (χ1v) is 12.1. The minimum atomic E-state index is -0.284. The summed E-state index contributed by atoms with van der Waals surface area (Å²) in [6.45, 7) is 5.29. The Morgan fingerprint density at radius 3 is 2.06 bits per heavy atom. The van der Waals surface area contributed by atoms with E-state index in [1.54, 1.807) is 12.1 Å². The van der Waals surface area contributed by atoms with Gasteiger partial charge in [0, 0.05) is 38.6 Å². The lowest BCUT2D eigenvalue weighted by Crippen LogP contribution is -2.51. The summed E-state index contributed by atoms with van der Waals surface area (Å²) in [6, 6.07) is 13.0. The Labute approximate surface area is 198 Å². The molecule has 3 fully saturated rings. The molecule has 2 aromatic carbocycles. The van der Waals surface area contributed by atoms with E-state index >= 15 is 0 Å². The Bertz CT molecular complexity index is 1070. The van der Waals surface area contributed by atoms with Crippen LogP contribution >= 0.6 is 0 Å². The summed E-state index contributed by atoms with van der Waals surface area (Å²) in [7, 11) is 0. The standard InChI is InChI=1S/C27H30F2N2O3/c1-17(34-27(33)25-15-23(25)19-5-3-7-21(29)13-19)16-30-8-10-31(11-9-30)26(32)24-14-22(24)18-4-2-6-20(28)12-18/h2-7,12-13,17,22-25H,8-11,14-16H2,1H3/t17-,22-,23+,24-,25+/m1/s1. The molecule has 0 radical (unpaired) electrons. The Morgan fingerprint density at radius 2 is 1.47 bits per heavy atom. The smallest absolute Gasteiger partial charge is 0.309 e. The number of nitrogens with zero attached hydrogens (tertiary/aromatic N) is 2. The van der Waals surface area contributed by atoms with E-state index in [0.717, 1.165) is 30.6 Å². The fraction of sp³-hybridized carbons (Fsp3) is 0.481. The van der Waals surface area contributed by atoms with Crippen molar-refractivity contribution in [3.05, 3.63) is 71.3 Å². The summed E-state index contributed by atoms with van der Waals surface area (Å²) in [5, 5.41) is 0. The van der Waals surface area contributed by atoms with Crippen molar-refractivity contribution in [3.8, 4) is 0 Å². The van der Waals surface area contributed by atoms with Crippen molar-refractivity contribution in [1.82, 2.24) is 9.80 Å². The number of hydrogen-bond donors (Lipinski definition) is 0. The molecule has 2 aromatic rings. The lowest BCUT2D eigenvalue weighted by molar-refractivity contribution is -0.151. The van der Waals surface area contributed by atoms with E-state index in [1.807, 2.05) is 24.0 Å². The van der Waals surface area contributed by atoms with Crippen LogP contribution < -0.4 is 0 Å². The lowest BCUT2D eigenvalue weighted by atomic mass is 10.1. The van der Waals surface area contributed by atoms with Gasteiger partial charge < -0.3 is 9.64 Å². The van der Waals surface area contributed by atoms with Crippen LogP contribution in [0.3, 0.4) is 0 Å². The molecular formula is C27H30F2N2O3. The van der Waals surface area contributed by atoms with Crippen LogP contribution in [-0.2, 0) is 14.3 Å². The first kappa shape index (κ1) is 23.0. The second kappa shape index (κ2) is 9.45. The number of piperazine rings is 1. The van der Waals surface area contributed by atoms with E-state index < -0.39 is 0 Å². The van der Waals surface area contributed by atoms with Crippen molar-refractivity contribution in [1.29, 1.82) is 0 Å². The second-order valence-corrected chi connectivity index (χ2v) is 9.88. The van der Waals surface area contributed by atoms with Crippen molar-refractivity contribution in [3.63, 3.8) is 0 Å². The largest absolute Gasteiger partial charge is 0.461 e. The zero-order valence-electron chi connectivity index (χ0n) is 19.3. The lowest BCUT2D eigenvalue weighted by Gasteiger charge is -2.36. The van der Waals surface area contributed by atoms with Gasteiger partial charge in [0.25, 0.3) is 0 Å². The summed E-state index contributed by atoms with van der Waals surface area (Å²) in [6.07, 6.45) is 1.24. The summed E-state index contributed by atoms with van der Waals surface area (Å²) < 4.78 is 32.6. The van der Waals surface area contributed by atoms with Crippen LogP contribution in [0.4, 0.5) is 8.78 Å². The molecule has 3 aliphatic rings. The predicted octanol–water partition coefficient (Wildman–Crippen LogP) is 3.95. The molecule has 1 heterocycles. The normalized spacial score (nSPS) is 27.2. The van der Waals surface area contributed by atoms with E-state index in [9.17, 15) is 18.4 Å². The van der Waals surface area contributed by atoms with Gasteiger partial charge in [-0.3, -0.25) is 14.5 Å². The van der Waals surface area contributed by atoms with Crippen molar-refractivity contribution in [2.75, 3.05) is 32.7 Å². The highest BCUT2D eigenvalue weighted by Crippen LogP contribution is 2.49. The molecule has 1 aliphatic heterocycles. The number of benzene rings is 2. The predicted molar refractivity (Wildman–Crippen MR) is 123 cm³/mol. The fourth-order valence-electron chi connectivity index (χ4n) is 5.21. The third-order valence-corrected chi connectivity index (χ3v) is 7.27. The summed E-state index contributed by atoms with van der Waals surface area (Å²) in [4.78, 5) is 29.5. The number of hydrogen-bond acceptors (Lipinski definition) is 4. The zero-order valence-corrected chi connectivity index (χ0v) is 19.3. The Morgan fingerprint density at radius 1 is 0.912 bits per heavy atom. The summed E-state index contributed by atoms with van der Waals surface area (Å²) >= 11 is 0. The minimum absolute atomic E-state index is 0.0437. The molecule has 0 unspecified atom stereocenters. The molecule has 1 amide bonds. The van der Waals surface area contributed by atoms with E-state index in [2.05, 4.69) is 4.90 Å². The van der Waals surface area contributed by atoms with E-state index in [0.29, 0.717) is 26.1 Å². The molecule has 7 heteroatoms. The number of carbonyl (C=O) groups excluding carboxylic acids is 2. The van der Waals surface area contributed by atoms with Crippen LogP contribution in [0.5, 0.6) is 0 Å². The molecule has 0 spiro atoms. The number of carbonyl (C=O) groups is 2. The molecule has 5 atom stereocenters. The molecule has 2 saturated carbocycles. The van der Waals surface area contributed by atoms with Gasteiger partial charge in [-0.2, -0.15) is 0 Å². The minimum Gasteiger partial charge on any atom is -0.461 e. The molecule has 2 aliphatic carbocycles. The van der Waals surface area contributed by atoms with Crippen LogP contribution in [0, 0.1) is 23.5 Å².